The van der Waals surface area contributed by atoms with E-state index in [1.165, 1.54) is 13.4 Å². The molecule has 114 valence electrons. The van der Waals surface area contributed by atoms with Crippen LogP contribution < -0.4 is 4.74 Å². The van der Waals surface area contributed by atoms with E-state index in [-0.39, 0.29) is 12.2 Å². The Kier molecular flexibility index (Phi) is 5.14. The van der Waals surface area contributed by atoms with Crippen molar-refractivity contribution in [1.29, 1.82) is 0 Å². The number of carboxylic acid groups (broad SMARTS) is 1. The van der Waals surface area contributed by atoms with Gasteiger partial charge >= 0.3 is 5.97 Å². The molecule has 1 aromatic heterocycles. The van der Waals surface area contributed by atoms with Crippen LogP contribution in [-0.2, 0) is 16.1 Å². The Balaban J connectivity index is 2.27. The summed E-state index contributed by atoms with van der Waals surface area (Å²) in [7, 11) is 1.42. The van der Waals surface area contributed by atoms with E-state index in [1.54, 1.807) is 18.3 Å². The van der Waals surface area contributed by atoms with Crippen LogP contribution >= 0.6 is 0 Å². The van der Waals surface area contributed by atoms with Crippen LogP contribution in [0.1, 0.15) is 16.7 Å². The average Bonchev–Trinajstić information content (AvgIpc) is 2.52. The van der Waals surface area contributed by atoms with Gasteiger partial charge in [-0.15, -0.1) is 0 Å². The van der Waals surface area contributed by atoms with Gasteiger partial charge in [-0.05, 0) is 24.1 Å². The molecule has 0 atom stereocenters. The zero-order valence-electron chi connectivity index (χ0n) is 12.4. The molecule has 0 unspecified atom stereocenters. The van der Waals surface area contributed by atoms with Crippen molar-refractivity contribution in [3.05, 3.63) is 65.5 Å². The largest absolute Gasteiger partial charge is 0.503 e. The van der Waals surface area contributed by atoms with Gasteiger partial charge in [0.2, 0.25) is 5.88 Å². The Morgan fingerprint density at radius 1 is 1.27 bits per heavy atom. The number of aromatic nitrogens is 1. The molecule has 0 radical (unpaired) electrons. The number of nitrogens with zero attached hydrogens (tertiary/aromatic N) is 1. The third-order valence-corrected chi connectivity index (χ3v) is 3.10. The number of carboxylic acids is 1. The smallest absolute Gasteiger partial charge is 0.339 e. The van der Waals surface area contributed by atoms with Crippen LogP contribution in [0.25, 0.3) is 5.57 Å². The number of pyridine rings is 1. The lowest BCUT2D eigenvalue weighted by Crippen LogP contribution is -2.06. The van der Waals surface area contributed by atoms with Crippen molar-refractivity contribution in [3.63, 3.8) is 0 Å². The van der Waals surface area contributed by atoms with Crippen molar-refractivity contribution in [3.8, 4) is 5.88 Å². The van der Waals surface area contributed by atoms with Crippen molar-refractivity contribution in [1.82, 2.24) is 4.98 Å². The highest BCUT2D eigenvalue weighted by Crippen LogP contribution is 2.22. The van der Waals surface area contributed by atoms with Gasteiger partial charge in [0.25, 0.3) is 0 Å². The number of hydrogen-bond donors (Lipinski definition) is 1. The molecule has 0 aliphatic carbocycles. The molecule has 0 saturated heterocycles. The molecule has 1 aromatic carbocycles. The van der Waals surface area contributed by atoms with Crippen LogP contribution in [-0.4, -0.2) is 23.2 Å². The first-order chi connectivity index (χ1) is 10.6. The third kappa shape index (κ3) is 3.63. The van der Waals surface area contributed by atoms with Crippen LogP contribution in [0.15, 0.2) is 48.9 Å². The minimum atomic E-state index is -1.05. The Bertz CT molecular complexity index is 695. The predicted molar refractivity (Wildman–Crippen MR) is 82.4 cm³/mol. The molecule has 0 fully saturated rings. The van der Waals surface area contributed by atoms with Gasteiger partial charge in [0.1, 0.15) is 12.2 Å². The number of aliphatic carboxylic acids is 1. The zero-order valence-corrected chi connectivity index (χ0v) is 12.4. The maximum Gasteiger partial charge on any atom is 0.339 e. The van der Waals surface area contributed by atoms with Crippen molar-refractivity contribution in [2.45, 2.75) is 13.5 Å². The fourth-order valence-electron chi connectivity index (χ4n) is 2.02. The van der Waals surface area contributed by atoms with Gasteiger partial charge in [0.15, 0.2) is 0 Å². The lowest BCUT2D eigenvalue weighted by Gasteiger charge is -2.12. The number of methoxy groups -OCH3 is 1. The molecule has 5 nitrogen and oxygen atoms in total. The summed E-state index contributed by atoms with van der Waals surface area (Å²) in [6.45, 7) is 2.13. The van der Waals surface area contributed by atoms with Gasteiger partial charge in [-0.3, -0.25) is 0 Å². The van der Waals surface area contributed by atoms with E-state index in [0.717, 1.165) is 11.1 Å². The van der Waals surface area contributed by atoms with E-state index in [4.69, 9.17) is 9.47 Å². The number of ether oxygens (including phenoxy) is 2. The minimum Gasteiger partial charge on any atom is -0.503 e. The zero-order chi connectivity index (χ0) is 15.9. The normalized spacial score (nSPS) is 11.1. The molecule has 2 rings (SSSR count). The molecule has 0 aliphatic heterocycles. The SMILES string of the molecule is CO/C=C(\C(=O)O)c1ccccc1COc1ncccc1C. The summed E-state index contributed by atoms with van der Waals surface area (Å²) in [5, 5.41) is 9.31. The monoisotopic (exact) mass is 299 g/mol. The van der Waals surface area contributed by atoms with Gasteiger partial charge in [-0.25, -0.2) is 9.78 Å². The van der Waals surface area contributed by atoms with Crippen LogP contribution in [0, 0.1) is 6.92 Å². The maximum atomic E-state index is 11.4. The maximum absolute atomic E-state index is 11.4. The standard InChI is InChI=1S/C17H17NO4/c1-12-6-5-9-18-16(12)22-10-13-7-3-4-8-14(13)15(11-21-2)17(19)20/h3-9,11H,10H2,1-2H3,(H,19,20)/b15-11-. The van der Waals surface area contributed by atoms with E-state index in [1.807, 2.05) is 31.2 Å². The van der Waals surface area contributed by atoms with Crippen LogP contribution in [0.4, 0.5) is 0 Å². The van der Waals surface area contributed by atoms with E-state index in [9.17, 15) is 9.90 Å². The molecular weight excluding hydrogens is 282 g/mol. The van der Waals surface area contributed by atoms with Crippen LogP contribution in [0.3, 0.4) is 0 Å². The second-order valence-electron chi connectivity index (χ2n) is 4.64. The highest BCUT2D eigenvalue weighted by molar-refractivity contribution is 6.15. The van der Waals surface area contributed by atoms with E-state index in [0.29, 0.717) is 11.4 Å². The molecular formula is C17H17NO4. The first-order valence-corrected chi connectivity index (χ1v) is 6.72. The number of carbonyl (C=O) groups is 1. The second kappa shape index (κ2) is 7.26. The van der Waals surface area contributed by atoms with Gasteiger partial charge in [-0.2, -0.15) is 0 Å². The van der Waals surface area contributed by atoms with Gasteiger partial charge in [-0.1, -0.05) is 30.3 Å². The number of hydrogen-bond acceptors (Lipinski definition) is 4. The highest BCUT2D eigenvalue weighted by atomic mass is 16.5. The molecule has 1 N–H and O–H groups in total. The van der Waals surface area contributed by atoms with Gasteiger partial charge < -0.3 is 14.6 Å². The number of benzene rings is 1. The number of rotatable bonds is 6. The van der Waals surface area contributed by atoms with Gasteiger partial charge in [0.05, 0.1) is 13.4 Å². The second-order valence-corrected chi connectivity index (χ2v) is 4.64. The Hall–Kier alpha value is -2.82. The molecule has 1 heterocycles. The lowest BCUT2D eigenvalue weighted by atomic mass is 10.0. The van der Waals surface area contributed by atoms with E-state index >= 15 is 0 Å². The average molecular weight is 299 g/mol. The molecule has 0 bridgehead atoms. The van der Waals surface area contributed by atoms with Crippen molar-refractivity contribution in [2.24, 2.45) is 0 Å². The highest BCUT2D eigenvalue weighted by Gasteiger charge is 2.15. The summed E-state index contributed by atoms with van der Waals surface area (Å²) in [6, 6.07) is 10.9. The summed E-state index contributed by atoms with van der Waals surface area (Å²) in [4.78, 5) is 15.5. The summed E-state index contributed by atoms with van der Waals surface area (Å²) in [6.07, 6.45) is 2.87. The Labute approximate surface area is 128 Å². The van der Waals surface area contributed by atoms with Crippen molar-refractivity contribution in [2.75, 3.05) is 7.11 Å². The van der Waals surface area contributed by atoms with Crippen molar-refractivity contribution < 1.29 is 19.4 Å². The van der Waals surface area contributed by atoms with Crippen LogP contribution in [0.5, 0.6) is 5.88 Å². The molecule has 0 saturated carbocycles. The fraction of sp³-hybridized carbons (Fsp3) is 0.176. The third-order valence-electron chi connectivity index (χ3n) is 3.10. The Morgan fingerprint density at radius 3 is 2.73 bits per heavy atom. The summed E-state index contributed by atoms with van der Waals surface area (Å²) >= 11 is 0. The molecule has 0 aliphatic rings. The fourth-order valence-corrected chi connectivity index (χ4v) is 2.02. The van der Waals surface area contributed by atoms with Crippen LogP contribution in [0.2, 0.25) is 0 Å². The lowest BCUT2D eigenvalue weighted by molar-refractivity contribution is -0.130. The number of aryl methyl sites for hydroxylation is 1. The summed E-state index contributed by atoms with van der Waals surface area (Å²) in [5.74, 6) is -0.520. The Morgan fingerprint density at radius 2 is 2.05 bits per heavy atom. The van der Waals surface area contributed by atoms with Gasteiger partial charge in [0, 0.05) is 11.8 Å². The molecule has 22 heavy (non-hydrogen) atoms. The first kappa shape index (κ1) is 15.6. The topological polar surface area (TPSA) is 68.7 Å². The van der Waals surface area contributed by atoms with E-state index in [2.05, 4.69) is 4.98 Å². The quantitative estimate of drug-likeness (QED) is 0.656. The molecule has 5 heteroatoms. The predicted octanol–water partition coefficient (Wildman–Crippen LogP) is 3.04. The molecule has 0 spiro atoms. The molecule has 2 aromatic rings. The molecule has 0 amide bonds. The van der Waals surface area contributed by atoms with Crippen molar-refractivity contribution >= 4 is 11.5 Å². The minimum absolute atomic E-state index is 0.0828. The summed E-state index contributed by atoms with van der Waals surface area (Å²) < 4.78 is 10.6. The van der Waals surface area contributed by atoms with E-state index < -0.39 is 5.97 Å². The first-order valence-electron chi connectivity index (χ1n) is 6.72. The summed E-state index contributed by atoms with van der Waals surface area (Å²) in [5.41, 5.74) is 2.31.